The summed E-state index contributed by atoms with van der Waals surface area (Å²) in [6.45, 7) is 3.89. The van der Waals surface area contributed by atoms with E-state index in [0.29, 0.717) is 23.0 Å². The zero-order valence-corrected chi connectivity index (χ0v) is 12.2. The van der Waals surface area contributed by atoms with Crippen molar-refractivity contribution in [1.82, 2.24) is 0 Å². The van der Waals surface area contributed by atoms with Crippen LogP contribution in [0.5, 0.6) is 5.75 Å². The zero-order chi connectivity index (χ0) is 14.9. The first-order valence-corrected chi connectivity index (χ1v) is 6.49. The summed E-state index contributed by atoms with van der Waals surface area (Å²) in [5.41, 5.74) is 2.23. The van der Waals surface area contributed by atoms with Crippen LogP contribution in [-0.4, -0.2) is 19.2 Å². The van der Waals surface area contributed by atoms with E-state index in [1.165, 1.54) is 0 Å². The summed E-state index contributed by atoms with van der Waals surface area (Å²) >= 11 is 0. The van der Waals surface area contributed by atoms with Gasteiger partial charge in [-0.15, -0.1) is 0 Å². The maximum atomic E-state index is 12.0. The standard InChI is InChI=1S/C16H19NO3/c1-10(2)5-7-13-15(18)12-8-6-11(17(3)4)9-14(12)20-16(13)19/h5-6,8-9,18H,7H2,1-4H3. The second-order valence-corrected chi connectivity index (χ2v) is 5.28. The van der Waals surface area contributed by atoms with Crippen LogP contribution < -0.4 is 10.5 Å². The van der Waals surface area contributed by atoms with Crippen molar-refractivity contribution in [2.45, 2.75) is 20.3 Å². The molecule has 0 spiro atoms. The average Bonchev–Trinajstić information content (AvgIpc) is 2.37. The van der Waals surface area contributed by atoms with Crippen molar-refractivity contribution in [2.75, 3.05) is 19.0 Å². The molecule has 1 heterocycles. The van der Waals surface area contributed by atoms with Gasteiger partial charge in [0.25, 0.3) is 0 Å². The normalized spacial score (nSPS) is 10.6. The third-order valence-electron chi connectivity index (χ3n) is 3.19. The van der Waals surface area contributed by atoms with Gasteiger partial charge in [0, 0.05) is 32.3 Å². The average molecular weight is 273 g/mol. The highest BCUT2D eigenvalue weighted by atomic mass is 16.4. The second kappa shape index (κ2) is 5.41. The Bertz CT molecular complexity index is 722. The molecule has 0 aliphatic carbocycles. The number of hydrogen-bond donors (Lipinski definition) is 1. The molecule has 0 aliphatic rings. The van der Waals surface area contributed by atoms with E-state index in [1.54, 1.807) is 12.1 Å². The molecule has 4 heteroatoms. The molecule has 0 aliphatic heterocycles. The lowest BCUT2D eigenvalue weighted by atomic mass is 10.1. The van der Waals surface area contributed by atoms with Crippen molar-refractivity contribution in [1.29, 1.82) is 0 Å². The molecular weight excluding hydrogens is 254 g/mol. The molecule has 2 aromatic rings. The number of hydrogen-bond acceptors (Lipinski definition) is 4. The number of nitrogens with zero attached hydrogens (tertiary/aromatic N) is 1. The summed E-state index contributed by atoms with van der Waals surface area (Å²) in [6, 6.07) is 5.41. The highest BCUT2D eigenvalue weighted by Gasteiger charge is 2.13. The minimum absolute atomic E-state index is 0.0130. The highest BCUT2D eigenvalue weighted by Crippen LogP contribution is 2.29. The van der Waals surface area contributed by atoms with Gasteiger partial charge in [0.05, 0.1) is 10.9 Å². The fraction of sp³-hybridized carbons (Fsp3) is 0.312. The molecule has 0 radical (unpaired) electrons. The number of fused-ring (bicyclic) bond motifs is 1. The van der Waals surface area contributed by atoms with Gasteiger partial charge in [-0.3, -0.25) is 0 Å². The number of allylic oxidation sites excluding steroid dienone is 2. The van der Waals surface area contributed by atoms with Gasteiger partial charge in [0.15, 0.2) is 0 Å². The Hall–Kier alpha value is -2.23. The van der Waals surface area contributed by atoms with Crippen LogP contribution in [0.1, 0.15) is 19.4 Å². The van der Waals surface area contributed by atoms with Gasteiger partial charge in [-0.1, -0.05) is 11.6 Å². The molecule has 0 unspecified atom stereocenters. The molecule has 1 aromatic carbocycles. The lowest BCUT2D eigenvalue weighted by Gasteiger charge is -2.13. The first-order valence-electron chi connectivity index (χ1n) is 6.49. The Morgan fingerprint density at radius 1 is 1.35 bits per heavy atom. The fourth-order valence-electron chi connectivity index (χ4n) is 1.98. The maximum absolute atomic E-state index is 12.0. The van der Waals surface area contributed by atoms with Crippen molar-refractivity contribution in [3.63, 3.8) is 0 Å². The Morgan fingerprint density at radius 3 is 2.65 bits per heavy atom. The second-order valence-electron chi connectivity index (χ2n) is 5.28. The third kappa shape index (κ3) is 2.69. The van der Waals surface area contributed by atoms with Crippen LogP contribution >= 0.6 is 0 Å². The highest BCUT2D eigenvalue weighted by molar-refractivity contribution is 5.86. The topological polar surface area (TPSA) is 53.7 Å². The molecule has 0 atom stereocenters. The van der Waals surface area contributed by atoms with Crippen molar-refractivity contribution >= 4 is 16.7 Å². The molecule has 0 bridgehead atoms. The van der Waals surface area contributed by atoms with Gasteiger partial charge in [-0.2, -0.15) is 0 Å². The molecule has 20 heavy (non-hydrogen) atoms. The Kier molecular flexibility index (Phi) is 3.84. The van der Waals surface area contributed by atoms with E-state index in [1.807, 2.05) is 45.0 Å². The van der Waals surface area contributed by atoms with Crippen molar-refractivity contribution < 1.29 is 9.52 Å². The molecular formula is C16H19NO3. The molecule has 0 amide bonds. The Balaban J connectivity index is 2.62. The van der Waals surface area contributed by atoms with Gasteiger partial charge in [-0.05, 0) is 26.0 Å². The van der Waals surface area contributed by atoms with Crippen LogP contribution in [0.25, 0.3) is 11.0 Å². The van der Waals surface area contributed by atoms with E-state index in [2.05, 4.69) is 0 Å². The predicted molar refractivity (Wildman–Crippen MR) is 81.6 cm³/mol. The number of rotatable bonds is 3. The molecule has 0 saturated carbocycles. The van der Waals surface area contributed by atoms with Gasteiger partial charge in [0.2, 0.25) is 0 Å². The van der Waals surface area contributed by atoms with Crippen molar-refractivity contribution in [3.05, 3.63) is 45.8 Å². The minimum atomic E-state index is -0.483. The summed E-state index contributed by atoms with van der Waals surface area (Å²) in [5.74, 6) is 0.0130. The summed E-state index contributed by atoms with van der Waals surface area (Å²) in [5, 5.41) is 10.8. The molecule has 0 fully saturated rings. The first kappa shape index (κ1) is 14.2. The monoisotopic (exact) mass is 273 g/mol. The molecule has 0 saturated heterocycles. The van der Waals surface area contributed by atoms with Gasteiger partial charge >= 0.3 is 5.63 Å². The summed E-state index contributed by atoms with van der Waals surface area (Å²) in [7, 11) is 3.81. The quantitative estimate of drug-likeness (QED) is 0.689. The largest absolute Gasteiger partial charge is 0.507 e. The SMILES string of the molecule is CC(C)=CCc1c(O)c2ccc(N(C)C)cc2oc1=O. The lowest BCUT2D eigenvalue weighted by molar-refractivity contribution is 0.459. The molecule has 1 N–H and O–H groups in total. The fourth-order valence-corrected chi connectivity index (χ4v) is 1.98. The van der Waals surface area contributed by atoms with E-state index in [0.717, 1.165) is 11.3 Å². The van der Waals surface area contributed by atoms with E-state index in [-0.39, 0.29) is 5.75 Å². The van der Waals surface area contributed by atoms with Gasteiger partial charge in [-0.25, -0.2) is 4.79 Å². The summed E-state index contributed by atoms with van der Waals surface area (Å²) in [6.07, 6.45) is 2.27. The Morgan fingerprint density at radius 2 is 2.05 bits per heavy atom. The van der Waals surface area contributed by atoms with Crippen LogP contribution in [-0.2, 0) is 6.42 Å². The minimum Gasteiger partial charge on any atom is -0.507 e. The van der Waals surface area contributed by atoms with E-state index in [9.17, 15) is 9.90 Å². The first-order chi connectivity index (χ1) is 9.40. The van der Waals surface area contributed by atoms with Crippen molar-refractivity contribution in [2.24, 2.45) is 0 Å². The molecule has 106 valence electrons. The number of aromatic hydroxyl groups is 1. The van der Waals surface area contributed by atoms with Crippen LogP contribution in [0.15, 0.2) is 39.1 Å². The predicted octanol–water partition coefficient (Wildman–Crippen LogP) is 3.07. The van der Waals surface area contributed by atoms with Gasteiger partial charge in [0.1, 0.15) is 11.3 Å². The van der Waals surface area contributed by atoms with Crippen molar-refractivity contribution in [3.8, 4) is 5.75 Å². The van der Waals surface area contributed by atoms with Crippen LogP contribution in [0.3, 0.4) is 0 Å². The molecule has 4 nitrogen and oxygen atoms in total. The van der Waals surface area contributed by atoms with Crippen LogP contribution in [0.2, 0.25) is 0 Å². The smallest absolute Gasteiger partial charge is 0.343 e. The zero-order valence-electron chi connectivity index (χ0n) is 12.2. The molecule has 1 aromatic heterocycles. The van der Waals surface area contributed by atoms with E-state index < -0.39 is 5.63 Å². The number of benzene rings is 1. The van der Waals surface area contributed by atoms with E-state index in [4.69, 9.17) is 4.42 Å². The number of anilines is 1. The lowest BCUT2D eigenvalue weighted by Crippen LogP contribution is -2.10. The van der Waals surface area contributed by atoms with Crippen LogP contribution in [0.4, 0.5) is 5.69 Å². The molecule has 2 rings (SSSR count). The summed E-state index contributed by atoms with van der Waals surface area (Å²) in [4.78, 5) is 13.9. The Labute approximate surface area is 117 Å². The summed E-state index contributed by atoms with van der Waals surface area (Å²) < 4.78 is 5.33. The van der Waals surface area contributed by atoms with Crippen LogP contribution in [0, 0.1) is 0 Å². The third-order valence-corrected chi connectivity index (χ3v) is 3.19. The van der Waals surface area contributed by atoms with E-state index >= 15 is 0 Å². The van der Waals surface area contributed by atoms with Gasteiger partial charge < -0.3 is 14.4 Å². The maximum Gasteiger partial charge on any atom is 0.343 e.